The lowest BCUT2D eigenvalue weighted by atomic mass is 10.2. The van der Waals surface area contributed by atoms with E-state index in [1.807, 2.05) is 6.92 Å². The SMILES string of the molecule is CCOCc1ccc(S(N)(=O)=O)cc1. The van der Waals surface area contributed by atoms with Gasteiger partial charge in [-0.15, -0.1) is 0 Å². The van der Waals surface area contributed by atoms with Crippen LogP contribution in [0.15, 0.2) is 29.2 Å². The van der Waals surface area contributed by atoms with Gasteiger partial charge in [0.2, 0.25) is 10.0 Å². The summed E-state index contributed by atoms with van der Waals surface area (Å²) in [6.45, 7) is 3.02. The van der Waals surface area contributed by atoms with E-state index in [0.29, 0.717) is 13.2 Å². The number of primary sulfonamides is 1. The zero-order chi connectivity index (χ0) is 10.6. The fourth-order valence-electron chi connectivity index (χ4n) is 0.995. The lowest BCUT2D eigenvalue weighted by molar-refractivity contribution is 0.134. The molecular weight excluding hydrogens is 202 g/mol. The average molecular weight is 215 g/mol. The van der Waals surface area contributed by atoms with Crippen LogP contribution in [0.4, 0.5) is 0 Å². The molecule has 0 atom stereocenters. The molecule has 0 amide bonds. The summed E-state index contributed by atoms with van der Waals surface area (Å²) in [6.07, 6.45) is 0. The van der Waals surface area contributed by atoms with E-state index >= 15 is 0 Å². The van der Waals surface area contributed by atoms with E-state index < -0.39 is 10.0 Å². The number of ether oxygens (including phenoxy) is 1. The minimum absolute atomic E-state index is 0.123. The molecule has 0 bridgehead atoms. The first-order valence-electron chi connectivity index (χ1n) is 4.23. The molecule has 0 saturated carbocycles. The van der Waals surface area contributed by atoms with Gasteiger partial charge in [-0.25, -0.2) is 13.6 Å². The minimum atomic E-state index is -3.58. The maximum Gasteiger partial charge on any atom is 0.238 e. The van der Waals surface area contributed by atoms with Gasteiger partial charge in [-0.3, -0.25) is 0 Å². The van der Waals surface area contributed by atoms with Crippen LogP contribution in [0.2, 0.25) is 0 Å². The zero-order valence-corrected chi connectivity index (χ0v) is 8.75. The molecule has 4 nitrogen and oxygen atoms in total. The third-order valence-corrected chi connectivity index (χ3v) is 2.65. The Morgan fingerprint density at radius 1 is 1.29 bits per heavy atom. The van der Waals surface area contributed by atoms with Crippen LogP contribution in [0.1, 0.15) is 12.5 Å². The van der Waals surface area contributed by atoms with E-state index in [-0.39, 0.29) is 4.90 Å². The summed E-state index contributed by atoms with van der Waals surface area (Å²) >= 11 is 0. The summed E-state index contributed by atoms with van der Waals surface area (Å²) in [5.74, 6) is 0. The van der Waals surface area contributed by atoms with Crippen LogP contribution < -0.4 is 5.14 Å². The molecule has 0 aliphatic rings. The molecule has 0 heterocycles. The minimum Gasteiger partial charge on any atom is -0.377 e. The third-order valence-electron chi connectivity index (χ3n) is 1.72. The Balaban J connectivity index is 2.79. The molecule has 2 N–H and O–H groups in total. The first-order chi connectivity index (χ1) is 6.54. The molecule has 1 aromatic carbocycles. The molecule has 0 aromatic heterocycles. The highest BCUT2D eigenvalue weighted by molar-refractivity contribution is 7.89. The number of benzene rings is 1. The lowest BCUT2D eigenvalue weighted by Crippen LogP contribution is -2.11. The van der Waals surface area contributed by atoms with Gasteiger partial charge in [-0.05, 0) is 24.6 Å². The van der Waals surface area contributed by atoms with Gasteiger partial charge in [0.15, 0.2) is 0 Å². The second kappa shape index (κ2) is 4.54. The third kappa shape index (κ3) is 3.10. The lowest BCUT2D eigenvalue weighted by Gasteiger charge is -2.02. The van der Waals surface area contributed by atoms with Crippen molar-refractivity contribution in [3.05, 3.63) is 29.8 Å². The number of rotatable bonds is 4. The Morgan fingerprint density at radius 3 is 2.29 bits per heavy atom. The van der Waals surface area contributed by atoms with E-state index in [0.717, 1.165) is 5.56 Å². The Kier molecular flexibility index (Phi) is 3.62. The standard InChI is InChI=1S/C9H13NO3S/c1-2-13-7-8-3-5-9(6-4-8)14(10,11)12/h3-6H,2,7H2,1H3,(H2,10,11,12). The van der Waals surface area contributed by atoms with Crippen molar-refractivity contribution in [2.24, 2.45) is 5.14 Å². The van der Waals surface area contributed by atoms with Crippen molar-refractivity contribution in [1.29, 1.82) is 0 Å². The quantitative estimate of drug-likeness (QED) is 0.810. The molecule has 0 saturated heterocycles. The molecule has 5 heteroatoms. The van der Waals surface area contributed by atoms with Crippen molar-refractivity contribution in [3.63, 3.8) is 0 Å². The summed E-state index contributed by atoms with van der Waals surface area (Å²) in [7, 11) is -3.58. The van der Waals surface area contributed by atoms with E-state index in [4.69, 9.17) is 9.88 Å². The first-order valence-corrected chi connectivity index (χ1v) is 5.78. The predicted octanol–water partition coefficient (Wildman–Crippen LogP) is 0.871. The van der Waals surface area contributed by atoms with Crippen LogP contribution in [-0.2, 0) is 21.4 Å². The molecule has 0 aliphatic heterocycles. The highest BCUT2D eigenvalue weighted by Gasteiger charge is 2.06. The van der Waals surface area contributed by atoms with Crippen molar-refractivity contribution in [3.8, 4) is 0 Å². The van der Waals surface area contributed by atoms with Gasteiger partial charge in [-0.2, -0.15) is 0 Å². The monoisotopic (exact) mass is 215 g/mol. The second-order valence-electron chi connectivity index (χ2n) is 2.83. The van der Waals surface area contributed by atoms with Gasteiger partial charge in [0, 0.05) is 6.61 Å². The van der Waals surface area contributed by atoms with Crippen LogP contribution in [0.3, 0.4) is 0 Å². The van der Waals surface area contributed by atoms with Crippen LogP contribution in [0.5, 0.6) is 0 Å². The topological polar surface area (TPSA) is 69.4 Å². The predicted molar refractivity (Wildman–Crippen MR) is 53.1 cm³/mol. The van der Waals surface area contributed by atoms with Crippen molar-refractivity contribution in [1.82, 2.24) is 0 Å². The number of nitrogens with two attached hydrogens (primary N) is 1. The molecule has 0 aliphatic carbocycles. The van der Waals surface area contributed by atoms with E-state index in [1.54, 1.807) is 12.1 Å². The Labute approximate surface area is 83.7 Å². The van der Waals surface area contributed by atoms with Gasteiger partial charge in [0.05, 0.1) is 11.5 Å². The molecule has 1 rings (SSSR count). The highest BCUT2D eigenvalue weighted by atomic mass is 32.2. The van der Waals surface area contributed by atoms with Crippen molar-refractivity contribution in [2.75, 3.05) is 6.61 Å². The summed E-state index contributed by atoms with van der Waals surface area (Å²) < 4.78 is 27.0. The summed E-state index contributed by atoms with van der Waals surface area (Å²) in [6, 6.07) is 6.33. The average Bonchev–Trinajstić information content (AvgIpc) is 2.14. The van der Waals surface area contributed by atoms with Gasteiger partial charge in [0.1, 0.15) is 0 Å². The van der Waals surface area contributed by atoms with Crippen LogP contribution in [0, 0.1) is 0 Å². The van der Waals surface area contributed by atoms with E-state index in [9.17, 15) is 8.42 Å². The van der Waals surface area contributed by atoms with E-state index in [1.165, 1.54) is 12.1 Å². The van der Waals surface area contributed by atoms with Crippen LogP contribution >= 0.6 is 0 Å². The second-order valence-corrected chi connectivity index (χ2v) is 4.39. The fourth-order valence-corrected chi connectivity index (χ4v) is 1.51. The van der Waals surface area contributed by atoms with Crippen molar-refractivity contribution >= 4 is 10.0 Å². The molecule has 0 radical (unpaired) electrons. The molecule has 1 aromatic rings. The normalized spacial score (nSPS) is 11.6. The van der Waals surface area contributed by atoms with Gasteiger partial charge in [-0.1, -0.05) is 12.1 Å². The Hall–Kier alpha value is -0.910. The molecule has 0 spiro atoms. The number of sulfonamides is 1. The number of hydrogen-bond donors (Lipinski definition) is 1. The molecule has 0 unspecified atom stereocenters. The maximum atomic E-state index is 10.9. The largest absolute Gasteiger partial charge is 0.377 e. The summed E-state index contributed by atoms with van der Waals surface area (Å²) in [5.41, 5.74) is 0.930. The van der Waals surface area contributed by atoms with E-state index in [2.05, 4.69) is 0 Å². The van der Waals surface area contributed by atoms with Gasteiger partial charge >= 0.3 is 0 Å². The highest BCUT2D eigenvalue weighted by Crippen LogP contribution is 2.09. The molecular formula is C9H13NO3S. The van der Waals surface area contributed by atoms with Crippen LogP contribution in [0.25, 0.3) is 0 Å². The molecule has 14 heavy (non-hydrogen) atoms. The number of hydrogen-bond acceptors (Lipinski definition) is 3. The van der Waals surface area contributed by atoms with Gasteiger partial charge in [0.25, 0.3) is 0 Å². The fraction of sp³-hybridized carbons (Fsp3) is 0.333. The summed E-state index contributed by atoms with van der Waals surface area (Å²) in [4.78, 5) is 0.123. The smallest absolute Gasteiger partial charge is 0.238 e. The van der Waals surface area contributed by atoms with Crippen molar-refractivity contribution < 1.29 is 13.2 Å². The maximum absolute atomic E-state index is 10.9. The molecule has 78 valence electrons. The van der Waals surface area contributed by atoms with Crippen molar-refractivity contribution in [2.45, 2.75) is 18.4 Å². The van der Waals surface area contributed by atoms with Crippen LogP contribution in [-0.4, -0.2) is 15.0 Å². The zero-order valence-electron chi connectivity index (χ0n) is 7.93. The Morgan fingerprint density at radius 2 is 1.86 bits per heavy atom. The Bertz CT molecular complexity index is 383. The summed E-state index contributed by atoms with van der Waals surface area (Å²) in [5, 5.41) is 4.95. The first kappa shape index (κ1) is 11.2. The molecule has 0 fully saturated rings. The van der Waals surface area contributed by atoms with Gasteiger partial charge < -0.3 is 4.74 Å².